The van der Waals surface area contributed by atoms with Crippen molar-refractivity contribution in [2.75, 3.05) is 7.11 Å². The van der Waals surface area contributed by atoms with Crippen LogP contribution in [-0.2, 0) is 4.74 Å². The first-order valence-corrected chi connectivity index (χ1v) is 7.96. The molecule has 7 heteroatoms. The van der Waals surface area contributed by atoms with Gasteiger partial charge in [0.1, 0.15) is 5.03 Å². The summed E-state index contributed by atoms with van der Waals surface area (Å²) in [6.45, 7) is 0. The Morgan fingerprint density at radius 2 is 2.24 bits per heavy atom. The Hall–Kier alpha value is -1.63. The number of nitrogens with zero attached hydrogens (tertiary/aromatic N) is 2. The van der Waals surface area contributed by atoms with Crippen LogP contribution in [0.3, 0.4) is 0 Å². The number of hydrogen-bond donors (Lipinski definition) is 0. The fourth-order valence-electron chi connectivity index (χ4n) is 1.74. The summed E-state index contributed by atoms with van der Waals surface area (Å²) in [6.07, 6.45) is 1.64. The lowest BCUT2D eigenvalue weighted by Gasteiger charge is -2.03. The Morgan fingerprint density at radius 3 is 3.05 bits per heavy atom. The molecule has 0 N–H and O–H groups in total. The molecule has 0 aliphatic heterocycles. The summed E-state index contributed by atoms with van der Waals surface area (Å²) in [6, 6.07) is 8.97. The fraction of sp³-hybridized carbons (Fsp3) is 0.0714. The van der Waals surface area contributed by atoms with Crippen LogP contribution in [0, 0.1) is 0 Å². The van der Waals surface area contributed by atoms with Crippen LogP contribution < -0.4 is 0 Å². The van der Waals surface area contributed by atoms with Crippen LogP contribution >= 0.6 is 34.7 Å². The predicted octanol–water partition coefficient (Wildman–Crippen LogP) is 4.28. The molecule has 3 rings (SSSR count). The highest BCUT2D eigenvalue weighted by molar-refractivity contribution is 8.01. The van der Waals surface area contributed by atoms with Crippen molar-refractivity contribution in [2.45, 2.75) is 9.37 Å². The molecule has 0 radical (unpaired) electrons. The van der Waals surface area contributed by atoms with Gasteiger partial charge in [-0.05, 0) is 42.1 Å². The highest BCUT2D eigenvalue weighted by Gasteiger charge is 2.15. The molecule has 4 nitrogen and oxygen atoms in total. The second kappa shape index (κ2) is 6.01. The third-order valence-corrected chi connectivity index (χ3v) is 5.04. The van der Waals surface area contributed by atoms with Gasteiger partial charge in [0.15, 0.2) is 4.34 Å². The monoisotopic (exact) mass is 336 g/mol. The summed E-state index contributed by atoms with van der Waals surface area (Å²) in [5.41, 5.74) is 1.27. The van der Waals surface area contributed by atoms with Gasteiger partial charge >= 0.3 is 5.97 Å². The summed E-state index contributed by atoms with van der Waals surface area (Å²) in [5, 5.41) is 1.23. The Labute approximate surface area is 134 Å². The van der Waals surface area contributed by atoms with Crippen LogP contribution in [0.5, 0.6) is 0 Å². The van der Waals surface area contributed by atoms with E-state index in [0.717, 1.165) is 14.6 Å². The minimum Gasteiger partial charge on any atom is -0.465 e. The Balaban J connectivity index is 1.97. The quantitative estimate of drug-likeness (QED) is 0.668. The van der Waals surface area contributed by atoms with Gasteiger partial charge in [-0.3, -0.25) is 0 Å². The first-order valence-electron chi connectivity index (χ1n) is 5.94. The molecule has 0 spiro atoms. The number of carbonyl (C=O) groups excluding carboxylic acids is 1. The molecule has 3 aromatic rings. The smallest absolute Gasteiger partial charge is 0.340 e. The van der Waals surface area contributed by atoms with E-state index in [0.29, 0.717) is 15.6 Å². The Morgan fingerprint density at radius 1 is 1.38 bits per heavy atom. The number of hydrogen-bond acceptors (Lipinski definition) is 6. The molecule has 2 aromatic heterocycles. The molecule has 106 valence electrons. The summed E-state index contributed by atoms with van der Waals surface area (Å²) in [4.78, 5) is 20.5. The summed E-state index contributed by atoms with van der Waals surface area (Å²) >= 11 is 8.83. The predicted molar refractivity (Wildman–Crippen MR) is 84.3 cm³/mol. The van der Waals surface area contributed by atoms with Crippen molar-refractivity contribution < 1.29 is 9.53 Å². The van der Waals surface area contributed by atoms with Crippen LogP contribution in [-0.4, -0.2) is 23.0 Å². The molecule has 0 saturated heterocycles. The third kappa shape index (κ3) is 3.02. The second-order valence-electron chi connectivity index (χ2n) is 4.04. The number of pyridine rings is 1. The minimum atomic E-state index is -0.408. The molecule has 0 aliphatic rings. The molecule has 0 amide bonds. The minimum absolute atomic E-state index is 0.408. The topological polar surface area (TPSA) is 52.1 Å². The molecular formula is C14H9ClN2O2S2. The first kappa shape index (κ1) is 14.3. The van der Waals surface area contributed by atoms with Crippen molar-refractivity contribution in [3.8, 4) is 0 Å². The number of fused-ring (bicyclic) bond motifs is 1. The number of rotatable bonds is 3. The molecule has 21 heavy (non-hydrogen) atoms. The largest absolute Gasteiger partial charge is 0.465 e. The molecule has 0 fully saturated rings. The number of halogens is 1. The molecule has 0 saturated carbocycles. The van der Waals surface area contributed by atoms with E-state index in [1.807, 2.05) is 18.2 Å². The van der Waals surface area contributed by atoms with Crippen LogP contribution in [0.4, 0.5) is 0 Å². The van der Waals surface area contributed by atoms with Crippen molar-refractivity contribution in [3.63, 3.8) is 0 Å². The maximum atomic E-state index is 11.7. The van der Waals surface area contributed by atoms with E-state index in [1.54, 1.807) is 18.3 Å². The highest BCUT2D eigenvalue weighted by Crippen LogP contribution is 2.35. The van der Waals surface area contributed by atoms with Crippen LogP contribution in [0.15, 0.2) is 45.9 Å². The highest BCUT2D eigenvalue weighted by atomic mass is 35.5. The van der Waals surface area contributed by atoms with E-state index in [1.165, 1.54) is 30.2 Å². The number of aromatic nitrogens is 2. The maximum absolute atomic E-state index is 11.7. The number of methoxy groups -OCH3 is 1. The van der Waals surface area contributed by atoms with Gasteiger partial charge in [0.05, 0.1) is 22.9 Å². The second-order valence-corrected chi connectivity index (χ2v) is 6.74. The van der Waals surface area contributed by atoms with Crippen molar-refractivity contribution in [1.29, 1.82) is 0 Å². The SMILES string of the molecule is COC(=O)c1cccnc1Sc1nc2cc(Cl)ccc2s1. The molecule has 0 unspecified atom stereocenters. The van der Waals surface area contributed by atoms with Crippen LogP contribution in [0.25, 0.3) is 10.2 Å². The van der Waals surface area contributed by atoms with E-state index in [2.05, 4.69) is 9.97 Å². The van der Waals surface area contributed by atoms with Crippen molar-refractivity contribution in [1.82, 2.24) is 9.97 Å². The van der Waals surface area contributed by atoms with E-state index < -0.39 is 5.97 Å². The van der Waals surface area contributed by atoms with E-state index >= 15 is 0 Å². The molecule has 1 aromatic carbocycles. The number of carbonyl (C=O) groups is 1. The zero-order valence-corrected chi connectivity index (χ0v) is 13.3. The normalized spacial score (nSPS) is 10.8. The van der Waals surface area contributed by atoms with Crippen LogP contribution in [0.2, 0.25) is 5.02 Å². The zero-order valence-electron chi connectivity index (χ0n) is 10.9. The number of thiazole rings is 1. The molecule has 2 heterocycles. The van der Waals surface area contributed by atoms with Gasteiger partial charge in [-0.15, -0.1) is 11.3 Å². The zero-order chi connectivity index (χ0) is 14.8. The van der Waals surface area contributed by atoms with Gasteiger partial charge in [0.25, 0.3) is 0 Å². The lowest BCUT2D eigenvalue weighted by atomic mass is 10.3. The summed E-state index contributed by atoms with van der Waals surface area (Å²) in [7, 11) is 1.35. The van der Waals surface area contributed by atoms with E-state index in [4.69, 9.17) is 16.3 Å². The average Bonchev–Trinajstić information content (AvgIpc) is 2.88. The molecule has 0 bridgehead atoms. The number of benzene rings is 1. The summed E-state index contributed by atoms with van der Waals surface area (Å²) in [5.74, 6) is -0.408. The summed E-state index contributed by atoms with van der Waals surface area (Å²) < 4.78 is 6.60. The van der Waals surface area contributed by atoms with Gasteiger partial charge in [0.2, 0.25) is 0 Å². The van der Waals surface area contributed by atoms with Gasteiger partial charge in [-0.1, -0.05) is 11.6 Å². The lowest BCUT2D eigenvalue weighted by molar-refractivity contribution is 0.0596. The van der Waals surface area contributed by atoms with E-state index in [-0.39, 0.29) is 0 Å². The van der Waals surface area contributed by atoms with Crippen molar-refractivity contribution >= 4 is 50.9 Å². The van der Waals surface area contributed by atoms with E-state index in [9.17, 15) is 4.79 Å². The van der Waals surface area contributed by atoms with Gasteiger partial charge < -0.3 is 4.74 Å². The molecular weight excluding hydrogens is 328 g/mol. The van der Waals surface area contributed by atoms with Gasteiger partial charge in [0, 0.05) is 11.2 Å². The molecule has 0 atom stereocenters. The maximum Gasteiger partial charge on any atom is 0.340 e. The number of ether oxygens (including phenoxy) is 1. The van der Waals surface area contributed by atoms with Gasteiger partial charge in [-0.25, -0.2) is 14.8 Å². The third-order valence-electron chi connectivity index (χ3n) is 2.69. The standard InChI is InChI=1S/C14H9ClN2O2S2/c1-19-13(18)9-3-2-6-16-12(9)21-14-17-10-7-8(15)4-5-11(10)20-14/h2-7H,1H3. The Kier molecular flexibility index (Phi) is 4.10. The first-order chi connectivity index (χ1) is 10.2. The number of esters is 1. The molecule has 0 aliphatic carbocycles. The van der Waals surface area contributed by atoms with Crippen LogP contribution in [0.1, 0.15) is 10.4 Å². The average molecular weight is 337 g/mol. The Bertz CT molecular complexity index is 820. The van der Waals surface area contributed by atoms with Crippen molar-refractivity contribution in [2.24, 2.45) is 0 Å². The fourth-order valence-corrected chi connectivity index (χ4v) is 3.94. The van der Waals surface area contributed by atoms with Crippen molar-refractivity contribution in [3.05, 3.63) is 47.1 Å². The van der Waals surface area contributed by atoms with Gasteiger partial charge in [-0.2, -0.15) is 0 Å². The lowest BCUT2D eigenvalue weighted by Crippen LogP contribution is -2.03.